The van der Waals surface area contributed by atoms with Crippen LogP contribution in [0.4, 0.5) is 61.3 Å². The Kier molecular flexibility index (Phi) is 27.8. The smallest absolute Gasteiger partial charge is 0.407 e. The van der Waals surface area contributed by atoms with Crippen LogP contribution in [0, 0.1) is 20.2 Å². The summed E-state index contributed by atoms with van der Waals surface area (Å²) < 4.78 is 34.6. The van der Waals surface area contributed by atoms with Crippen LogP contribution in [0.1, 0.15) is 93.9 Å². The van der Waals surface area contributed by atoms with Crippen LogP contribution in [0.15, 0.2) is 85.7 Å². The minimum Gasteiger partial charge on any atom is -0.494 e. The normalized spacial score (nSPS) is 10.8. The summed E-state index contributed by atoms with van der Waals surface area (Å²) >= 11 is 5.69. The quantitative estimate of drug-likeness (QED) is 0.00664. The number of nitrogens with two attached hydrogens (primary N) is 1. The summed E-state index contributed by atoms with van der Waals surface area (Å²) in [4.78, 5) is 82.8. The number of aromatic nitrogens is 8. The van der Waals surface area contributed by atoms with E-state index in [1.54, 1.807) is 117 Å². The van der Waals surface area contributed by atoms with Crippen LogP contribution in [-0.2, 0) is 41.6 Å². The molecule has 6 rings (SSSR count). The minimum atomic E-state index is -0.598. The fourth-order valence-corrected chi connectivity index (χ4v) is 6.87. The van der Waals surface area contributed by atoms with Crippen LogP contribution in [0.25, 0.3) is 0 Å². The summed E-state index contributed by atoms with van der Waals surface area (Å²) in [6.07, 6.45) is 11.0. The van der Waals surface area contributed by atoms with E-state index in [1.807, 2.05) is 20.8 Å². The number of aryl methyl sites for hydroxylation is 2. The van der Waals surface area contributed by atoms with Crippen LogP contribution in [-0.4, -0.2) is 124 Å². The lowest BCUT2D eigenvalue weighted by atomic mass is 10.2. The molecule has 2 amide bonds. The molecule has 0 bridgehead atoms. The molecule has 30 nitrogen and oxygen atoms in total. The summed E-state index contributed by atoms with van der Waals surface area (Å²) in [5.74, 6) is 0.812. The third-order valence-corrected chi connectivity index (χ3v) is 10.5. The molecule has 31 heteroatoms. The lowest BCUT2D eigenvalue weighted by molar-refractivity contribution is -0.384. The van der Waals surface area contributed by atoms with Gasteiger partial charge in [0.15, 0.2) is 0 Å². The molecule has 460 valence electrons. The molecular weight excluding hydrogens is 1130 g/mol. The monoisotopic (exact) mass is 1200 g/mol. The zero-order valence-electron chi connectivity index (χ0n) is 48.6. The zero-order valence-corrected chi connectivity index (χ0v) is 49.4. The Bertz CT molecular complexity index is 3080. The number of hydrogen-bond donors (Lipinski definition) is 6. The topological polar surface area (TPSA) is 383 Å². The average molecular weight is 1210 g/mol. The van der Waals surface area contributed by atoms with Crippen LogP contribution in [0.2, 0.25) is 5.28 Å². The molecule has 0 aliphatic rings. The van der Waals surface area contributed by atoms with Crippen LogP contribution in [0.3, 0.4) is 0 Å². The van der Waals surface area contributed by atoms with E-state index in [0.29, 0.717) is 113 Å². The molecule has 2 aromatic carbocycles. The number of rotatable bonds is 28. The zero-order chi connectivity index (χ0) is 62.4. The maximum absolute atomic E-state index is 11.7. The number of anilines is 7. The molecule has 0 aliphatic heterocycles. The maximum Gasteiger partial charge on any atom is 0.407 e. The van der Waals surface area contributed by atoms with Gasteiger partial charge in [-0.15, -0.1) is 0 Å². The molecule has 0 radical (unpaired) electrons. The summed E-state index contributed by atoms with van der Waals surface area (Å²) in [5.41, 5.74) is 6.28. The molecule has 7 N–H and O–H groups in total. The van der Waals surface area contributed by atoms with E-state index in [2.05, 4.69) is 56.7 Å². The highest BCUT2D eigenvalue weighted by Gasteiger charge is 2.21. The van der Waals surface area contributed by atoms with E-state index in [4.69, 9.17) is 45.8 Å². The first-order valence-corrected chi connectivity index (χ1v) is 27.3. The second kappa shape index (κ2) is 34.7. The highest BCUT2D eigenvalue weighted by Crippen LogP contribution is 2.29. The van der Waals surface area contributed by atoms with Crippen molar-refractivity contribution in [2.45, 2.75) is 118 Å². The molecule has 0 saturated heterocycles. The van der Waals surface area contributed by atoms with Gasteiger partial charge in [-0.1, -0.05) is 0 Å². The number of amides is 2. The summed E-state index contributed by atoms with van der Waals surface area (Å²) in [7, 11) is 0. The van der Waals surface area contributed by atoms with E-state index >= 15 is 0 Å². The first kappa shape index (κ1) is 67.9. The Morgan fingerprint density at radius 1 is 0.600 bits per heavy atom. The Labute approximate surface area is 495 Å². The number of carbonyl (C=O) groups excluding carboxylic acids is 4. The lowest BCUT2D eigenvalue weighted by Gasteiger charge is -2.19. The second-order valence-corrected chi connectivity index (χ2v) is 20.2. The molecule has 0 spiro atoms. The molecular formula is C54H73ClN16O14. The Morgan fingerprint density at radius 2 is 1.05 bits per heavy atom. The highest BCUT2D eigenvalue weighted by molar-refractivity contribution is 6.28. The number of alkyl carbamates (subject to hydrolysis) is 2. The van der Waals surface area contributed by atoms with Gasteiger partial charge in [-0.25, -0.2) is 19.6 Å². The number of nitro groups is 2. The second-order valence-electron chi connectivity index (χ2n) is 19.8. The van der Waals surface area contributed by atoms with E-state index < -0.39 is 33.2 Å². The third kappa shape index (κ3) is 27.8. The molecule has 0 unspecified atom stereocenters. The Balaban J connectivity index is 0.000000305. The average Bonchev–Trinajstić information content (AvgIpc) is 4.20. The van der Waals surface area contributed by atoms with Crippen LogP contribution < -0.4 is 41.8 Å². The largest absolute Gasteiger partial charge is 0.494 e. The minimum absolute atomic E-state index is 0.00112. The van der Waals surface area contributed by atoms with E-state index in [0.717, 1.165) is 18.8 Å². The van der Waals surface area contributed by atoms with Crippen LogP contribution >= 0.6 is 11.6 Å². The van der Waals surface area contributed by atoms with Gasteiger partial charge in [-0.05, 0) is 141 Å². The van der Waals surface area contributed by atoms with Crippen molar-refractivity contribution < 1.29 is 57.4 Å². The number of carbonyl (C=O) groups is 4. The summed E-state index contributed by atoms with van der Waals surface area (Å²) in [6, 6.07) is 13.6. The molecule has 85 heavy (non-hydrogen) atoms. The predicted octanol–water partition coefficient (Wildman–Crippen LogP) is 9.59. The summed E-state index contributed by atoms with van der Waals surface area (Å²) in [5, 5.41) is 44.9. The van der Waals surface area contributed by atoms with Gasteiger partial charge in [0.2, 0.25) is 22.9 Å². The van der Waals surface area contributed by atoms with Gasteiger partial charge in [0.1, 0.15) is 35.1 Å². The SMILES string of the molecule is CC(C)(C)OC(=O)NCCCn1cc(N)cn1.CCOC(=O)CCCOc1ccc(Nc2nc(Cl)ncc2[N+](=O)[O-])cc1.CCOC(=O)CCCOc1ccc(Nc2nc(Nc3cnn(CCCNC(=O)OC(C)(C)C)c3)ncc2[N+](=O)[O-])cc1. The third-order valence-electron chi connectivity index (χ3n) is 10.3. The van der Waals surface area contributed by atoms with E-state index in [1.165, 1.54) is 0 Å². The van der Waals surface area contributed by atoms with Gasteiger partial charge in [0, 0.05) is 62.8 Å². The van der Waals surface area contributed by atoms with Gasteiger partial charge in [0.25, 0.3) is 0 Å². The van der Waals surface area contributed by atoms with Crippen molar-refractivity contribution in [1.82, 2.24) is 50.1 Å². The molecule has 0 aliphatic carbocycles. The van der Waals surface area contributed by atoms with Crippen molar-refractivity contribution in [3.05, 3.63) is 111 Å². The van der Waals surface area contributed by atoms with Gasteiger partial charge < -0.3 is 60.7 Å². The number of hydrogen-bond acceptors (Lipinski definition) is 24. The number of halogens is 1. The molecule has 6 aromatic rings. The first-order chi connectivity index (χ1) is 40.4. The van der Waals surface area contributed by atoms with Crippen molar-refractivity contribution in [1.29, 1.82) is 0 Å². The highest BCUT2D eigenvalue weighted by atomic mass is 35.5. The number of nitrogen functional groups attached to an aromatic ring is 1. The predicted molar refractivity (Wildman–Crippen MR) is 314 cm³/mol. The Morgan fingerprint density at radius 3 is 1.48 bits per heavy atom. The molecule has 0 saturated carbocycles. The van der Waals surface area contributed by atoms with Gasteiger partial charge in [-0.2, -0.15) is 20.2 Å². The lowest BCUT2D eigenvalue weighted by Crippen LogP contribution is -2.33. The van der Waals surface area contributed by atoms with Crippen molar-refractivity contribution in [2.24, 2.45) is 0 Å². The summed E-state index contributed by atoms with van der Waals surface area (Å²) in [6.45, 7) is 18.1. The number of benzene rings is 2. The van der Waals surface area contributed by atoms with Crippen molar-refractivity contribution in [3.8, 4) is 11.5 Å². The first-order valence-electron chi connectivity index (χ1n) is 26.9. The van der Waals surface area contributed by atoms with Crippen molar-refractivity contribution >= 4 is 87.4 Å². The molecule has 0 fully saturated rings. The van der Waals surface area contributed by atoms with Crippen LogP contribution in [0.5, 0.6) is 11.5 Å². The number of nitrogens with zero attached hydrogens (tertiary/aromatic N) is 10. The number of nitrogens with one attached hydrogen (secondary N) is 5. The standard InChI is InChI=1S/C27H36N8O7.C16H17ClN4O5.C11H20N4O2/c1-5-40-23(36)8-6-15-41-21-11-9-19(10-12-21)31-24-22(35(38)39)17-29-25(33-24)32-20-16-30-34(18-20)14-7-13-28-26(37)42-27(2,3)4;1-2-25-14(22)4-3-9-26-12-7-5-11(6-8-12)19-15-13(21(23)24)10-18-16(17)20-15;1-11(2,3)17-10(16)13-5-4-6-15-8-9(12)7-14-15/h9-12,16-18H,5-8,13-15H2,1-4H3,(H,28,37)(H2,29,31,32,33);5-8,10H,2-4,9H2,1H3,(H,18,19,20);7-8H,4-6,12H2,1-3H3,(H,13,16). The van der Waals surface area contributed by atoms with E-state index in [9.17, 15) is 39.4 Å². The Hall–Kier alpha value is -9.61. The van der Waals surface area contributed by atoms with Crippen molar-refractivity contribution in [3.63, 3.8) is 0 Å². The number of ether oxygens (including phenoxy) is 6. The van der Waals surface area contributed by atoms with Crippen molar-refractivity contribution in [2.75, 3.05) is 61.2 Å². The number of esters is 2. The van der Waals surface area contributed by atoms with E-state index in [-0.39, 0.29) is 52.6 Å². The molecule has 0 atom stereocenters. The molecule has 4 aromatic heterocycles. The fourth-order valence-electron chi connectivity index (χ4n) is 6.74. The molecule has 4 heterocycles. The van der Waals surface area contributed by atoms with Gasteiger partial charge in [0.05, 0.1) is 60.0 Å². The van der Waals surface area contributed by atoms with Gasteiger partial charge in [-0.3, -0.25) is 39.2 Å². The fraction of sp³-hybridized carbons (Fsp3) is 0.444. The van der Waals surface area contributed by atoms with Gasteiger partial charge >= 0.3 is 35.5 Å². The maximum atomic E-state index is 11.7.